The van der Waals surface area contributed by atoms with E-state index < -0.39 is 35.6 Å². The Morgan fingerprint density at radius 3 is 1.17 bits per heavy atom. The van der Waals surface area contributed by atoms with Crippen LogP contribution in [0.5, 0.6) is 0 Å². The van der Waals surface area contributed by atoms with Gasteiger partial charge in [-0.05, 0) is 6.42 Å². The number of ether oxygens (including phenoxy) is 13. The number of nitrogens with two attached hydrogens (primary N) is 1. The van der Waals surface area contributed by atoms with Crippen LogP contribution in [0.15, 0.2) is 17.0 Å². The first-order valence-electron chi connectivity index (χ1n) is 21.2. The van der Waals surface area contributed by atoms with Gasteiger partial charge in [-0.25, -0.2) is 5.53 Å². The van der Waals surface area contributed by atoms with Crippen molar-refractivity contribution in [2.45, 2.75) is 31.1 Å². The van der Waals surface area contributed by atoms with Crippen LogP contribution in [0.25, 0.3) is 0 Å². The molecular formula is C39H75N5O18S. The molecule has 2 unspecified atom stereocenters. The van der Waals surface area contributed by atoms with Gasteiger partial charge in [-0.1, -0.05) is 6.92 Å². The van der Waals surface area contributed by atoms with Crippen molar-refractivity contribution in [3.05, 3.63) is 11.9 Å². The zero-order valence-corrected chi connectivity index (χ0v) is 37.8. The highest BCUT2D eigenvalue weighted by atomic mass is 32.2. The van der Waals surface area contributed by atoms with E-state index >= 15 is 0 Å². The quantitative estimate of drug-likeness (QED) is 0.0350. The van der Waals surface area contributed by atoms with Crippen LogP contribution in [0.3, 0.4) is 0 Å². The van der Waals surface area contributed by atoms with E-state index in [2.05, 4.69) is 22.7 Å². The van der Waals surface area contributed by atoms with Crippen LogP contribution < -0.4 is 16.4 Å². The first kappa shape index (κ1) is 60.3. The second-order valence-electron chi connectivity index (χ2n) is 12.7. The lowest BCUT2D eigenvalue weighted by atomic mass is 10.3. The van der Waals surface area contributed by atoms with Gasteiger partial charge in [0.1, 0.15) is 6.04 Å². The van der Waals surface area contributed by atoms with Crippen molar-refractivity contribution in [2.75, 3.05) is 191 Å². The molecule has 0 fully saturated rings. The lowest BCUT2D eigenvalue weighted by Gasteiger charge is -2.16. The first-order valence-corrected chi connectivity index (χ1v) is 22.3. The topological polar surface area (TPSA) is 298 Å². The number of carbonyl (C=O) groups is 3. The number of rotatable bonds is 52. The fourth-order valence-electron chi connectivity index (χ4n) is 4.30. The van der Waals surface area contributed by atoms with Crippen LogP contribution in [0.1, 0.15) is 19.8 Å². The number of carboxylic acids is 2. The summed E-state index contributed by atoms with van der Waals surface area (Å²) in [6.45, 7) is 14.9. The maximum absolute atomic E-state index is 12.4. The molecule has 0 aromatic heterocycles. The van der Waals surface area contributed by atoms with Gasteiger partial charge in [0, 0.05) is 25.1 Å². The summed E-state index contributed by atoms with van der Waals surface area (Å²) >= 11 is 0.834. The Morgan fingerprint density at radius 2 is 0.889 bits per heavy atom. The van der Waals surface area contributed by atoms with Crippen molar-refractivity contribution in [2.24, 2.45) is 10.8 Å². The summed E-state index contributed by atoms with van der Waals surface area (Å²) in [6, 6.07) is -1.24. The van der Waals surface area contributed by atoms with Crippen molar-refractivity contribution < 1.29 is 86.2 Å². The SMILES string of the molecule is CCCOCCOCCOCCOCCOCCOCCOCCOCCOCCOCCOCCOCCOCCN/C=C(/CNC(=O)C(CC(=O)O)SCC(N)C(=O)O)N=N. The molecule has 0 spiro atoms. The molecule has 0 rings (SSSR count). The predicted octanol–water partition coefficient (Wildman–Crippen LogP) is 0.179. The van der Waals surface area contributed by atoms with Gasteiger partial charge in [-0.2, -0.15) is 5.11 Å². The highest BCUT2D eigenvalue weighted by Crippen LogP contribution is 2.16. The van der Waals surface area contributed by atoms with E-state index in [9.17, 15) is 14.4 Å². The lowest BCUT2D eigenvalue weighted by molar-refractivity contribution is -0.138. The first-order chi connectivity index (χ1) is 30.8. The number of carboxylic acid groups (broad SMARTS) is 2. The number of hydrogen-bond acceptors (Lipinski definition) is 21. The number of thioether (sulfide) groups is 1. The Morgan fingerprint density at radius 1 is 0.571 bits per heavy atom. The summed E-state index contributed by atoms with van der Waals surface area (Å²) in [5.41, 5.74) is 12.9. The molecule has 2 atom stereocenters. The monoisotopic (exact) mass is 933 g/mol. The Bertz CT molecular complexity index is 1110. The Hall–Kier alpha value is -2.66. The van der Waals surface area contributed by atoms with Gasteiger partial charge >= 0.3 is 11.9 Å². The molecule has 0 heterocycles. The van der Waals surface area contributed by atoms with Crippen molar-refractivity contribution >= 4 is 29.6 Å². The molecule has 7 N–H and O–H groups in total. The Kier molecular flexibility index (Phi) is 46.7. The number of aliphatic carboxylic acids is 2. The summed E-state index contributed by atoms with van der Waals surface area (Å²) < 4.78 is 71.0. The average Bonchev–Trinajstić information content (AvgIpc) is 3.27. The van der Waals surface area contributed by atoms with Gasteiger partial charge in [0.2, 0.25) is 5.91 Å². The van der Waals surface area contributed by atoms with Crippen LogP contribution in [-0.4, -0.2) is 230 Å². The second kappa shape index (κ2) is 48.8. The lowest BCUT2D eigenvalue weighted by Crippen LogP contribution is -2.38. The van der Waals surface area contributed by atoms with Gasteiger partial charge in [0.25, 0.3) is 0 Å². The normalized spacial score (nSPS) is 12.6. The van der Waals surface area contributed by atoms with Crippen LogP contribution in [-0.2, 0) is 76.0 Å². The molecule has 0 aromatic rings. The maximum atomic E-state index is 12.4. The Labute approximate surface area is 375 Å². The molecule has 0 aliphatic rings. The van der Waals surface area contributed by atoms with E-state index in [1.165, 1.54) is 6.20 Å². The molecule has 370 valence electrons. The summed E-state index contributed by atoms with van der Waals surface area (Å²) in [6.07, 6.45) is 1.93. The number of nitrogens with one attached hydrogen (secondary N) is 3. The molecule has 63 heavy (non-hydrogen) atoms. The largest absolute Gasteiger partial charge is 0.481 e. The summed E-state index contributed by atoms with van der Waals surface area (Å²) in [5, 5.41) is 25.7. The van der Waals surface area contributed by atoms with Gasteiger partial charge in [0.15, 0.2) is 0 Å². The van der Waals surface area contributed by atoms with Gasteiger partial charge in [-0.3, -0.25) is 14.4 Å². The van der Waals surface area contributed by atoms with Crippen molar-refractivity contribution in [1.82, 2.24) is 10.6 Å². The molecule has 0 bridgehead atoms. The van der Waals surface area contributed by atoms with E-state index in [1.807, 2.05) is 0 Å². The molecule has 1 amide bonds. The standard InChI is InChI=1S/C39H75N5O18S/c1-2-4-50-6-8-52-10-12-54-14-16-56-18-20-58-22-24-60-26-28-62-29-27-61-25-23-59-21-19-57-17-15-55-13-11-53-9-7-51-5-3-42-31-34(44-41)32-43-38(47)36(30-37(45)46)63-33-35(40)39(48)49/h31,35-36,41-42H,2-30,32-33,40H2,1H3,(H,43,47)(H,45,46)(H,48,49)/b34-31-,44-41?. The zero-order valence-electron chi connectivity index (χ0n) is 37.0. The summed E-state index contributed by atoms with van der Waals surface area (Å²) in [5.74, 6) is -3.25. The molecule has 24 heteroatoms. The fraction of sp³-hybridized carbons (Fsp3) is 0.872. The van der Waals surface area contributed by atoms with Gasteiger partial charge in [-0.15, -0.1) is 11.8 Å². The number of amides is 1. The highest BCUT2D eigenvalue weighted by Gasteiger charge is 2.24. The third kappa shape index (κ3) is 45.7. The third-order valence-electron chi connectivity index (χ3n) is 7.51. The van der Waals surface area contributed by atoms with Crippen molar-refractivity contribution in [1.29, 1.82) is 5.53 Å². The van der Waals surface area contributed by atoms with Crippen LogP contribution in [0.2, 0.25) is 0 Å². The van der Waals surface area contributed by atoms with E-state index in [4.69, 9.17) is 83.1 Å². The number of carbonyl (C=O) groups excluding carboxylic acids is 1. The van der Waals surface area contributed by atoms with Gasteiger partial charge in [0.05, 0.1) is 189 Å². The highest BCUT2D eigenvalue weighted by molar-refractivity contribution is 8.00. The van der Waals surface area contributed by atoms with E-state index in [0.717, 1.165) is 24.8 Å². The summed E-state index contributed by atoms with van der Waals surface area (Å²) in [7, 11) is 0. The molecule has 0 saturated heterocycles. The maximum Gasteiger partial charge on any atom is 0.321 e. The molecule has 23 nitrogen and oxygen atoms in total. The van der Waals surface area contributed by atoms with Crippen LogP contribution in [0.4, 0.5) is 0 Å². The number of hydrogen-bond donors (Lipinski definition) is 6. The van der Waals surface area contributed by atoms with E-state index in [1.54, 1.807) is 0 Å². The predicted molar refractivity (Wildman–Crippen MR) is 229 cm³/mol. The molecule has 0 aliphatic carbocycles. The van der Waals surface area contributed by atoms with Crippen LogP contribution in [0, 0.1) is 5.53 Å². The minimum atomic E-state index is -1.25. The molecule has 0 saturated carbocycles. The summed E-state index contributed by atoms with van der Waals surface area (Å²) in [4.78, 5) is 34.4. The molecule has 0 radical (unpaired) electrons. The number of nitrogens with zero attached hydrogens (tertiary/aromatic N) is 1. The van der Waals surface area contributed by atoms with E-state index in [0.29, 0.717) is 172 Å². The van der Waals surface area contributed by atoms with Crippen LogP contribution >= 0.6 is 11.8 Å². The minimum absolute atomic E-state index is 0.134. The molecular weight excluding hydrogens is 859 g/mol. The van der Waals surface area contributed by atoms with E-state index in [-0.39, 0.29) is 18.0 Å². The Balaban J connectivity index is 3.39. The van der Waals surface area contributed by atoms with Crippen molar-refractivity contribution in [3.63, 3.8) is 0 Å². The molecule has 0 aromatic carbocycles. The van der Waals surface area contributed by atoms with Crippen molar-refractivity contribution in [3.8, 4) is 0 Å². The minimum Gasteiger partial charge on any atom is -0.481 e. The fourth-order valence-corrected chi connectivity index (χ4v) is 5.38. The zero-order chi connectivity index (χ0) is 46.1. The third-order valence-corrected chi connectivity index (χ3v) is 8.84. The molecule has 0 aliphatic heterocycles. The second-order valence-corrected chi connectivity index (χ2v) is 14.0. The smallest absolute Gasteiger partial charge is 0.321 e. The average molecular weight is 934 g/mol. The van der Waals surface area contributed by atoms with Gasteiger partial charge < -0.3 is 88.2 Å².